The van der Waals surface area contributed by atoms with Crippen LogP contribution in [0.3, 0.4) is 0 Å². The monoisotopic (exact) mass is 532 g/mol. The van der Waals surface area contributed by atoms with Crippen molar-refractivity contribution in [3.8, 4) is 5.75 Å². The molecule has 0 N–H and O–H groups in total. The van der Waals surface area contributed by atoms with Gasteiger partial charge in [-0.3, -0.25) is 9.88 Å². The summed E-state index contributed by atoms with van der Waals surface area (Å²) in [5.41, 5.74) is 9.03. The number of anilines is 2. The largest absolute Gasteiger partial charge is 0.490 e. The van der Waals surface area contributed by atoms with Crippen molar-refractivity contribution in [2.24, 2.45) is 5.41 Å². The summed E-state index contributed by atoms with van der Waals surface area (Å²) in [5.74, 6) is 0.904. The van der Waals surface area contributed by atoms with Crippen LogP contribution in [0.2, 0.25) is 0 Å². The third-order valence-electron chi connectivity index (χ3n) is 8.57. The van der Waals surface area contributed by atoms with E-state index >= 15 is 0 Å². The number of imidazole rings is 1. The minimum atomic E-state index is 0.471. The van der Waals surface area contributed by atoms with Gasteiger partial charge in [0.1, 0.15) is 18.0 Å². The Morgan fingerprint density at radius 1 is 0.950 bits per heavy atom. The van der Waals surface area contributed by atoms with Crippen LogP contribution in [-0.4, -0.2) is 50.4 Å². The van der Waals surface area contributed by atoms with Crippen LogP contribution in [-0.2, 0) is 13.1 Å². The number of likely N-dealkylation sites (tertiary alicyclic amines) is 1. The number of aromatic nitrogens is 3. The van der Waals surface area contributed by atoms with Gasteiger partial charge in [0, 0.05) is 48.2 Å². The molecule has 40 heavy (non-hydrogen) atoms. The zero-order valence-corrected chi connectivity index (χ0v) is 23.4. The van der Waals surface area contributed by atoms with E-state index in [-0.39, 0.29) is 0 Å². The molecule has 4 aromatic rings. The van der Waals surface area contributed by atoms with Gasteiger partial charge in [-0.2, -0.15) is 0 Å². The summed E-state index contributed by atoms with van der Waals surface area (Å²) >= 11 is 0. The van der Waals surface area contributed by atoms with Crippen molar-refractivity contribution < 1.29 is 4.74 Å². The second-order valence-electron chi connectivity index (χ2n) is 12.0. The molecule has 3 aliphatic heterocycles. The molecule has 1 fully saturated rings. The van der Waals surface area contributed by atoms with E-state index in [0.29, 0.717) is 18.6 Å². The van der Waals surface area contributed by atoms with E-state index in [4.69, 9.17) is 9.72 Å². The standard InChI is InChI=1S/C33H36N6O/c1-24-28-18-34-19-30(39-16-17-40-31-7-5-4-6-29(31)39)27(28)10-13-37(24)22-26-23-38-21-25(8-9-32(38)35-26)20-36-14-11-33(2,3)12-15-36/h4-10,13,18-19,21,23H,1,11-12,14-17,20,22H2,2-3H3. The van der Waals surface area contributed by atoms with Crippen LogP contribution in [0.15, 0.2) is 74.0 Å². The van der Waals surface area contributed by atoms with Crippen molar-refractivity contribution in [3.05, 3.63) is 96.3 Å². The smallest absolute Gasteiger partial charge is 0.143 e. The van der Waals surface area contributed by atoms with E-state index < -0.39 is 0 Å². The van der Waals surface area contributed by atoms with Crippen molar-refractivity contribution in [1.82, 2.24) is 24.2 Å². The molecule has 1 saturated heterocycles. The topological polar surface area (TPSA) is 49.1 Å². The van der Waals surface area contributed by atoms with Gasteiger partial charge in [0.05, 0.1) is 36.4 Å². The molecule has 6 heterocycles. The lowest BCUT2D eigenvalue weighted by Crippen LogP contribution is -2.36. The molecule has 1 aromatic carbocycles. The van der Waals surface area contributed by atoms with E-state index in [9.17, 15) is 0 Å². The summed E-state index contributed by atoms with van der Waals surface area (Å²) in [6.07, 6.45) is 15.1. The minimum absolute atomic E-state index is 0.471. The maximum Gasteiger partial charge on any atom is 0.143 e. The predicted octanol–water partition coefficient (Wildman–Crippen LogP) is 6.34. The molecule has 0 saturated carbocycles. The van der Waals surface area contributed by atoms with Gasteiger partial charge in [0.15, 0.2) is 0 Å². The molecule has 0 amide bonds. The lowest BCUT2D eigenvalue weighted by atomic mass is 9.82. The van der Waals surface area contributed by atoms with Gasteiger partial charge < -0.3 is 18.9 Å². The van der Waals surface area contributed by atoms with Crippen molar-refractivity contribution in [1.29, 1.82) is 0 Å². The second kappa shape index (κ2) is 9.82. The highest BCUT2D eigenvalue weighted by Crippen LogP contribution is 2.41. The first-order valence-electron chi connectivity index (χ1n) is 14.2. The Morgan fingerprint density at radius 3 is 2.67 bits per heavy atom. The van der Waals surface area contributed by atoms with Gasteiger partial charge in [-0.05, 0) is 61.2 Å². The van der Waals surface area contributed by atoms with Crippen LogP contribution in [0.5, 0.6) is 5.75 Å². The number of piperidine rings is 1. The first kappa shape index (κ1) is 24.9. The highest BCUT2D eigenvalue weighted by Gasteiger charge is 2.27. The first-order valence-corrected chi connectivity index (χ1v) is 14.2. The van der Waals surface area contributed by atoms with Gasteiger partial charge in [-0.1, -0.05) is 38.6 Å². The van der Waals surface area contributed by atoms with Crippen molar-refractivity contribution in [2.45, 2.75) is 39.8 Å². The van der Waals surface area contributed by atoms with E-state index in [0.717, 1.165) is 58.4 Å². The molecule has 0 bridgehead atoms. The fourth-order valence-corrected chi connectivity index (χ4v) is 6.07. The number of nitrogens with zero attached hydrogens (tertiary/aromatic N) is 6. The second-order valence-corrected chi connectivity index (χ2v) is 12.0. The average molecular weight is 533 g/mol. The summed E-state index contributed by atoms with van der Waals surface area (Å²) < 4.78 is 8.05. The quantitative estimate of drug-likeness (QED) is 0.299. The molecule has 0 unspecified atom stereocenters. The summed E-state index contributed by atoms with van der Waals surface area (Å²) in [7, 11) is 0. The molecule has 7 heteroatoms. The summed E-state index contributed by atoms with van der Waals surface area (Å²) in [5, 5.41) is 0. The van der Waals surface area contributed by atoms with Crippen LogP contribution >= 0.6 is 0 Å². The van der Waals surface area contributed by atoms with Crippen molar-refractivity contribution in [2.75, 3.05) is 31.1 Å². The summed E-state index contributed by atoms with van der Waals surface area (Å²) in [6, 6.07) is 12.5. The molecule has 204 valence electrons. The van der Waals surface area contributed by atoms with E-state index in [1.165, 1.54) is 31.5 Å². The zero-order valence-electron chi connectivity index (χ0n) is 23.4. The third kappa shape index (κ3) is 4.64. The molecular weight excluding hydrogens is 496 g/mol. The average Bonchev–Trinajstić information content (AvgIpc) is 3.37. The van der Waals surface area contributed by atoms with Crippen LogP contribution in [0, 0.1) is 5.41 Å². The Bertz CT molecular complexity index is 1610. The van der Waals surface area contributed by atoms with Crippen molar-refractivity contribution in [3.63, 3.8) is 0 Å². The number of benzene rings is 1. The predicted molar refractivity (Wildman–Crippen MR) is 160 cm³/mol. The Labute approximate surface area is 236 Å². The fourth-order valence-electron chi connectivity index (χ4n) is 6.07. The van der Waals surface area contributed by atoms with Crippen LogP contribution in [0.25, 0.3) is 17.4 Å². The van der Waals surface area contributed by atoms with Gasteiger partial charge in [-0.25, -0.2) is 4.98 Å². The maximum absolute atomic E-state index is 5.88. The lowest BCUT2D eigenvalue weighted by molar-refractivity contribution is 0.127. The third-order valence-corrected chi connectivity index (χ3v) is 8.57. The summed E-state index contributed by atoms with van der Waals surface area (Å²) in [6.45, 7) is 14.6. The van der Waals surface area contributed by atoms with Crippen molar-refractivity contribution >= 4 is 28.8 Å². The molecule has 0 spiro atoms. The molecule has 3 aliphatic rings. The number of fused-ring (bicyclic) bond motifs is 3. The Kier molecular flexibility index (Phi) is 6.12. The van der Waals surface area contributed by atoms with Gasteiger partial charge >= 0.3 is 0 Å². The van der Waals surface area contributed by atoms with E-state index in [1.54, 1.807) is 0 Å². The Morgan fingerprint density at radius 2 is 1.80 bits per heavy atom. The number of rotatable bonds is 5. The number of pyridine rings is 2. The lowest BCUT2D eigenvalue weighted by Gasteiger charge is -2.36. The highest BCUT2D eigenvalue weighted by atomic mass is 16.5. The van der Waals surface area contributed by atoms with E-state index in [2.05, 4.69) is 87.4 Å². The highest BCUT2D eigenvalue weighted by molar-refractivity contribution is 5.86. The normalized spacial score (nSPS) is 18.5. The molecule has 0 aliphatic carbocycles. The molecule has 7 nitrogen and oxygen atoms in total. The minimum Gasteiger partial charge on any atom is -0.490 e. The maximum atomic E-state index is 5.88. The fraction of sp³-hybridized carbons (Fsp3) is 0.333. The molecule has 3 aromatic heterocycles. The molecule has 7 rings (SSSR count). The van der Waals surface area contributed by atoms with Crippen LogP contribution < -0.4 is 9.64 Å². The SMILES string of the molecule is C=C1c2cncc(N3CCOc4ccccc43)c2C=CN1Cc1cn2cc(CN3CCC(C)(C)CC3)ccc2n1. The number of para-hydroxylation sites is 2. The summed E-state index contributed by atoms with van der Waals surface area (Å²) in [4.78, 5) is 16.6. The zero-order chi connectivity index (χ0) is 27.3. The van der Waals surface area contributed by atoms with Crippen LogP contribution in [0.1, 0.15) is 49.1 Å². The first-order chi connectivity index (χ1) is 19.4. The molecule has 0 atom stereocenters. The van der Waals surface area contributed by atoms with Crippen LogP contribution in [0.4, 0.5) is 11.4 Å². The van der Waals surface area contributed by atoms with Gasteiger partial charge in [0.2, 0.25) is 0 Å². The number of hydrogen-bond acceptors (Lipinski definition) is 6. The number of ether oxygens (including phenoxy) is 1. The van der Waals surface area contributed by atoms with E-state index in [1.807, 2.05) is 30.6 Å². The molecule has 0 radical (unpaired) electrons. The van der Waals surface area contributed by atoms with Gasteiger partial charge in [0.25, 0.3) is 0 Å². The Balaban J connectivity index is 1.09. The number of hydrogen-bond donors (Lipinski definition) is 0. The molecular formula is C33H36N6O. The van der Waals surface area contributed by atoms with Gasteiger partial charge in [-0.15, -0.1) is 0 Å². The Hall–Kier alpha value is -4.10.